The second-order valence-electron chi connectivity index (χ2n) is 5.52. The van der Waals surface area contributed by atoms with E-state index in [1.807, 2.05) is 78.6 Å². The summed E-state index contributed by atoms with van der Waals surface area (Å²) >= 11 is 0. The summed E-state index contributed by atoms with van der Waals surface area (Å²) in [5.74, 6) is 0.905. The Hall–Kier alpha value is 0.439. The number of rotatable bonds is 2. The predicted molar refractivity (Wildman–Crippen MR) is 75.4 cm³/mol. The molecule has 0 aromatic heterocycles. The molecule has 2 saturated carbocycles. The zero-order valence-corrected chi connectivity index (χ0v) is 12.8. The van der Waals surface area contributed by atoms with E-state index in [0.717, 1.165) is 5.92 Å². The van der Waals surface area contributed by atoms with Crippen LogP contribution in [0.15, 0.2) is 0 Å². The molecule has 0 aliphatic heterocycles. The number of hydrogen-bond acceptors (Lipinski definition) is 2. The van der Waals surface area contributed by atoms with E-state index in [1.54, 1.807) is 0 Å². The maximum atomic E-state index is 9.89. The van der Waals surface area contributed by atoms with Gasteiger partial charge in [0.25, 0.3) is 0 Å². The monoisotopic (exact) mass is 301 g/mol. The van der Waals surface area contributed by atoms with Crippen LogP contribution in [0.25, 0.3) is 0 Å². The van der Waals surface area contributed by atoms with Crippen molar-refractivity contribution < 1.29 is 22.2 Å². The van der Waals surface area contributed by atoms with Gasteiger partial charge in [-0.25, -0.2) is 0 Å². The third-order valence-corrected chi connectivity index (χ3v) is 2.93. The number of nitrogens with two attached hydrogens (primary N) is 1. The minimum atomic E-state index is -0.560. The quantitative estimate of drug-likeness (QED) is 0.768. The molecule has 0 amide bonds. The Morgan fingerprint density at radius 2 is 1.26 bits per heavy atom. The summed E-state index contributed by atoms with van der Waals surface area (Å²) < 4.78 is 0. The molecule has 10 radical (unpaired) electrons. The Morgan fingerprint density at radius 3 is 1.58 bits per heavy atom. The molecule has 0 saturated heterocycles. The smallest absolute Gasteiger partial charge is 0.391 e. The third kappa shape index (κ3) is 7.13. The Balaban J connectivity index is 0.000000454. The maximum absolute atomic E-state index is 9.89. The van der Waals surface area contributed by atoms with Gasteiger partial charge in [-0.05, 0) is 63.2 Å². The van der Waals surface area contributed by atoms with Crippen molar-refractivity contribution >= 4 is 0 Å². The van der Waals surface area contributed by atoms with Gasteiger partial charge in [-0.3, -0.25) is 0 Å². The molecule has 3 heteroatoms. The summed E-state index contributed by atoms with van der Waals surface area (Å²) in [6, 6.07) is -0.227. The van der Waals surface area contributed by atoms with Crippen LogP contribution in [-0.4, -0.2) is 17.3 Å². The summed E-state index contributed by atoms with van der Waals surface area (Å²) in [7, 11) is 0. The van der Waals surface area contributed by atoms with Gasteiger partial charge in [-0.2, -0.15) is 0 Å². The summed E-state index contributed by atoms with van der Waals surface area (Å²) in [5, 5.41) is 9.89. The summed E-state index contributed by atoms with van der Waals surface area (Å²) in [4.78, 5) is 0. The maximum Gasteiger partial charge on any atom is 2.00 e. The zero-order valence-electron chi connectivity index (χ0n) is 11.7. The molecule has 19 heavy (non-hydrogen) atoms. The van der Waals surface area contributed by atoms with Crippen molar-refractivity contribution in [3.63, 3.8) is 0 Å². The number of aliphatic hydroxyl groups is 1. The van der Waals surface area contributed by atoms with Gasteiger partial charge in [0.1, 0.15) is 0 Å². The second kappa shape index (κ2) is 9.39. The van der Waals surface area contributed by atoms with Crippen LogP contribution in [0.3, 0.4) is 0 Å². The van der Waals surface area contributed by atoms with E-state index in [-0.39, 0.29) is 28.5 Å². The number of hydrogen-bond donors (Lipinski definition) is 2. The van der Waals surface area contributed by atoms with Gasteiger partial charge < -0.3 is 10.8 Å². The third-order valence-electron chi connectivity index (χ3n) is 2.93. The fourth-order valence-electron chi connectivity index (χ4n) is 1.59. The average molecular weight is 301 g/mol. The standard InChI is InChI=1S/C11H18NO.C5H5.Fe/c1-11(2,3)10(12)9(13)8-6-4-5-7-8;1-2-4-5-3-1;/h4-7,9-10,13H,12H2,1-3H3;1-5H;/q;;+2/t9-,10-;;/m1../s1. The van der Waals surface area contributed by atoms with Gasteiger partial charge in [0.2, 0.25) is 0 Å². The predicted octanol–water partition coefficient (Wildman–Crippen LogP) is 2.14. The summed E-state index contributed by atoms with van der Waals surface area (Å²) in [6.45, 7) is 6.09. The van der Waals surface area contributed by atoms with E-state index in [9.17, 15) is 5.11 Å². The van der Waals surface area contributed by atoms with E-state index in [2.05, 4.69) is 0 Å². The molecule has 2 atom stereocenters. The van der Waals surface area contributed by atoms with Crippen LogP contribution < -0.4 is 5.73 Å². The molecule has 3 N–H and O–H groups in total. The molecule has 0 aromatic rings. The Bertz CT molecular complexity index is 210. The first-order chi connectivity index (χ1) is 8.43. The van der Waals surface area contributed by atoms with Crippen molar-refractivity contribution in [2.24, 2.45) is 11.1 Å². The van der Waals surface area contributed by atoms with Crippen LogP contribution in [-0.2, 0) is 17.1 Å². The largest absolute Gasteiger partial charge is 2.00 e. The topological polar surface area (TPSA) is 46.2 Å². The molecule has 0 aromatic carbocycles. The molecule has 2 fully saturated rings. The Morgan fingerprint density at radius 1 is 0.895 bits per heavy atom. The first-order valence-electron chi connectivity index (χ1n) is 6.25. The molecule has 2 rings (SSSR count). The molecule has 0 heterocycles. The van der Waals surface area contributed by atoms with Gasteiger partial charge in [-0.15, -0.1) is 0 Å². The van der Waals surface area contributed by atoms with Crippen LogP contribution in [0.4, 0.5) is 0 Å². The van der Waals surface area contributed by atoms with E-state index in [4.69, 9.17) is 5.73 Å². The molecule has 0 unspecified atom stereocenters. The van der Waals surface area contributed by atoms with Crippen LogP contribution in [0.5, 0.6) is 0 Å². The Labute approximate surface area is 130 Å². The first-order valence-corrected chi connectivity index (χ1v) is 6.25. The van der Waals surface area contributed by atoms with Gasteiger partial charge in [0, 0.05) is 12.0 Å². The first kappa shape index (κ1) is 19.4. The van der Waals surface area contributed by atoms with E-state index in [1.165, 1.54) is 0 Å². The number of aliphatic hydroxyl groups excluding tert-OH is 1. The van der Waals surface area contributed by atoms with Crippen molar-refractivity contribution in [1.29, 1.82) is 0 Å². The van der Waals surface area contributed by atoms with Crippen molar-refractivity contribution in [3.05, 3.63) is 63.7 Å². The normalized spacial score (nSPS) is 23.2. The molecular weight excluding hydrogens is 278 g/mol. The molecule has 104 valence electrons. The van der Waals surface area contributed by atoms with Crippen molar-refractivity contribution in [2.75, 3.05) is 0 Å². The fourth-order valence-corrected chi connectivity index (χ4v) is 1.59. The van der Waals surface area contributed by atoms with Gasteiger partial charge in [0.05, 0.1) is 6.10 Å². The molecular formula is C16H23FeNO+2. The average Bonchev–Trinajstić information content (AvgIpc) is 3.00. The van der Waals surface area contributed by atoms with Crippen LogP contribution >= 0.6 is 0 Å². The summed E-state index contributed by atoms with van der Waals surface area (Å²) in [5.41, 5.74) is 5.86. The molecule has 0 bridgehead atoms. The molecule has 2 nitrogen and oxygen atoms in total. The molecule has 2 aliphatic carbocycles. The van der Waals surface area contributed by atoms with Gasteiger partial charge in [0.15, 0.2) is 0 Å². The van der Waals surface area contributed by atoms with Crippen molar-refractivity contribution in [3.8, 4) is 0 Å². The van der Waals surface area contributed by atoms with E-state index >= 15 is 0 Å². The van der Waals surface area contributed by atoms with Crippen molar-refractivity contribution in [1.82, 2.24) is 0 Å². The van der Waals surface area contributed by atoms with Crippen LogP contribution in [0, 0.1) is 69.1 Å². The zero-order chi connectivity index (χ0) is 13.6. The minimum Gasteiger partial charge on any atom is -0.391 e. The molecule has 0 spiro atoms. The van der Waals surface area contributed by atoms with E-state index < -0.39 is 6.10 Å². The molecule has 2 aliphatic rings. The van der Waals surface area contributed by atoms with Gasteiger partial charge in [-0.1, -0.05) is 20.8 Å². The van der Waals surface area contributed by atoms with Gasteiger partial charge >= 0.3 is 17.1 Å². The second-order valence-corrected chi connectivity index (χ2v) is 5.52. The fraction of sp³-hybridized carbons (Fsp3) is 0.375. The SMILES string of the molecule is CC(C)(C)[C@H](N)[C@H](O)[C]1[CH][CH][CH][CH]1.[CH]1[CH][CH][CH][CH]1.[Fe+2]. The van der Waals surface area contributed by atoms with Crippen molar-refractivity contribution in [2.45, 2.75) is 32.9 Å². The minimum absolute atomic E-state index is 0. The van der Waals surface area contributed by atoms with Crippen LogP contribution in [0.1, 0.15) is 20.8 Å². The Kier molecular flexibility index (Phi) is 9.61. The van der Waals surface area contributed by atoms with E-state index in [0.29, 0.717) is 0 Å². The summed E-state index contributed by atoms with van der Waals surface area (Å²) in [6.07, 6.45) is 17.1. The van der Waals surface area contributed by atoms with Crippen LogP contribution in [0.2, 0.25) is 0 Å².